The molecule has 3 heterocycles. The molecule has 138 valence electrons. The Morgan fingerprint density at radius 3 is 2.59 bits per heavy atom. The van der Waals surface area contributed by atoms with E-state index in [4.69, 9.17) is 4.74 Å². The van der Waals surface area contributed by atoms with Gasteiger partial charge in [0.25, 0.3) is 0 Å². The first-order valence-electron chi connectivity index (χ1n) is 8.51. The highest BCUT2D eigenvalue weighted by Crippen LogP contribution is 2.42. The van der Waals surface area contributed by atoms with Gasteiger partial charge in [0.1, 0.15) is 18.0 Å². The summed E-state index contributed by atoms with van der Waals surface area (Å²) in [4.78, 5) is 28.4. The molecule has 0 radical (unpaired) electrons. The monoisotopic (exact) mass is 368 g/mol. The van der Waals surface area contributed by atoms with Gasteiger partial charge in [0.05, 0.1) is 22.5 Å². The standard InChI is InChI=1S/C20H17FN2O4/c1-9-4-12(5-10(2)22-9)16-15(21)6-13-17-19(16)27-8-11(3)23(17)7-14(18(13)24)20(25)26/h4-7,11H,8H2,1-3H3,(H,25,26)/t11-/m1/s1. The molecule has 6 nitrogen and oxygen atoms in total. The lowest BCUT2D eigenvalue weighted by atomic mass is 9.98. The average Bonchev–Trinajstić information content (AvgIpc) is 2.58. The molecule has 3 aromatic rings. The van der Waals surface area contributed by atoms with Gasteiger partial charge >= 0.3 is 5.97 Å². The van der Waals surface area contributed by atoms with Crippen LogP contribution in [0.2, 0.25) is 0 Å². The fourth-order valence-electron chi connectivity index (χ4n) is 3.63. The summed E-state index contributed by atoms with van der Waals surface area (Å²) in [5.41, 5.74) is 1.63. The van der Waals surface area contributed by atoms with Gasteiger partial charge in [-0.3, -0.25) is 9.78 Å². The summed E-state index contributed by atoms with van der Waals surface area (Å²) in [6.45, 7) is 5.73. The minimum absolute atomic E-state index is 0.000185. The molecule has 2 aromatic heterocycles. The predicted octanol–water partition coefficient (Wildman–Crippen LogP) is 3.47. The predicted molar refractivity (Wildman–Crippen MR) is 98.0 cm³/mol. The van der Waals surface area contributed by atoms with Gasteiger partial charge in [0.2, 0.25) is 5.43 Å². The molecule has 1 atom stereocenters. The topological polar surface area (TPSA) is 81.4 Å². The van der Waals surface area contributed by atoms with E-state index in [2.05, 4.69) is 4.98 Å². The Kier molecular flexibility index (Phi) is 3.76. The molecule has 1 N–H and O–H groups in total. The van der Waals surface area contributed by atoms with Crippen molar-refractivity contribution in [3.05, 3.63) is 57.4 Å². The van der Waals surface area contributed by atoms with Crippen molar-refractivity contribution in [1.82, 2.24) is 9.55 Å². The van der Waals surface area contributed by atoms with Gasteiger partial charge in [-0.05, 0) is 44.5 Å². The van der Waals surface area contributed by atoms with E-state index in [0.717, 1.165) is 17.5 Å². The second-order valence-corrected chi connectivity index (χ2v) is 6.84. The van der Waals surface area contributed by atoms with Crippen LogP contribution in [0.15, 0.2) is 29.2 Å². The lowest BCUT2D eigenvalue weighted by Crippen LogP contribution is -2.27. The first kappa shape index (κ1) is 17.2. The van der Waals surface area contributed by atoms with Crippen LogP contribution in [0, 0.1) is 19.7 Å². The molecule has 0 unspecified atom stereocenters. The molecular weight excluding hydrogens is 351 g/mol. The fourth-order valence-corrected chi connectivity index (χ4v) is 3.63. The number of benzene rings is 1. The largest absolute Gasteiger partial charge is 0.488 e. The molecule has 0 amide bonds. The lowest BCUT2D eigenvalue weighted by Gasteiger charge is -2.28. The van der Waals surface area contributed by atoms with Gasteiger partial charge in [0, 0.05) is 17.6 Å². The van der Waals surface area contributed by atoms with Crippen LogP contribution in [0.3, 0.4) is 0 Å². The Bertz CT molecular complexity index is 1160. The number of aromatic carboxylic acids is 1. The molecule has 27 heavy (non-hydrogen) atoms. The highest BCUT2D eigenvalue weighted by Gasteiger charge is 2.28. The van der Waals surface area contributed by atoms with Crippen molar-refractivity contribution in [3.63, 3.8) is 0 Å². The molecule has 0 saturated carbocycles. The number of hydrogen-bond donors (Lipinski definition) is 1. The number of pyridine rings is 2. The maximum atomic E-state index is 15.1. The third-order valence-electron chi connectivity index (χ3n) is 4.77. The van der Waals surface area contributed by atoms with Gasteiger partial charge in [-0.15, -0.1) is 0 Å². The van der Waals surface area contributed by atoms with E-state index < -0.39 is 17.2 Å². The number of aryl methyl sites for hydroxylation is 2. The first-order valence-corrected chi connectivity index (χ1v) is 8.51. The van der Waals surface area contributed by atoms with Crippen molar-refractivity contribution in [1.29, 1.82) is 0 Å². The van der Waals surface area contributed by atoms with E-state index in [-0.39, 0.29) is 34.9 Å². The highest BCUT2D eigenvalue weighted by molar-refractivity contribution is 5.98. The van der Waals surface area contributed by atoms with Crippen LogP contribution in [0.25, 0.3) is 22.0 Å². The normalized spacial score (nSPS) is 15.6. The molecule has 0 spiro atoms. The molecule has 4 rings (SSSR count). The second-order valence-electron chi connectivity index (χ2n) is 6.84. The minimum Gasteiger partial charge on any atom is -0.488 e. The maximum Gasteiger partial charge on any atom is 0.341 e. The third-order valence-corrected chi connectivity index (χ3v) is 4.77. The van der Waals surface area contributed by atoms with Crippen LogP contribution in [0.4, 0.5) is 4.39 Å². The number of nitrogens with zero attached hydrogens (tertiary/aromatic N) is 2. The molecular formula is C20H17FN2O4. The van der Waals surface area contributed by atoms with Crippen LogP contribution in [0.5, 0.6) is 5.75 Å². The molecule has 7 heteroatoms. The zero-order chi connectivity index (χ0) is 19.5. The lowest BCUT2D eigenvalue weighted by molar-refractivity contribution is 0.0694. The first-order chi connectivity index (χ1) is 12.8. The van der Waals surface area contributed by atoms with Gasteiger partial charge in [-0.25, -0.2) is 9.18 Å². The summed E-state index contributed by atoms with van der Waals surface area (Å²) in [5, 5.41) is 9.34. The summed E-state index contributed by atoms with van der Waals surface area (Å²) in [6.07, 6.45) is 1.31. The quantitative estimate of drug-likeness (QED) is 0.749. The van der Waals surface area contributed by atoms with Crippen molar-refractivity contribution in [2.75, 3.05) is 6.61 Å². The Balaban J connectivity index is 2.16. The molecule has 1 aromatic carbocycles. The van der Waals surface area contributed by atoms with E-state index in [9.17, 15) is 14.7 Å². The Hall–Kier alpha value is -3.22. The maximum absolute atomic E-state index is 15.1. The number of carbonyl (C=O) groups is 1. The zero-order valence-corrected chi connectivity index (χ0v) is 15.0. The summed E-state index contributed by atoms with van der Waals surface area (Å²) in [6, 6.07) is 4.41. The number of rotatable bonds is 2. The van der Waals surface area contributed by atoms with Crippen LogP contribution in [-0.2, 0) is 0 Å². The summed E-state index contributed by atoms with van der Waals surface area (Å²) < 4.78 is 22.6. The van der Waals surface area contributed by atoms with Crippen LogP contribution in [-0.4, -0.2) is 27.2 Å². The molecule has 0 aliphatic carbocycles. The number of carboxylic acids is 1. The van der Waals surface area contributed by atoms with Crippen molar-refractivity contribution < 1.29 is 19.0 Å². The number of aromatic nitrogens is 2. The second kappa shape index (κ2) is 5.90. The summed E-state index contributed by atoms with van der Waals surface area (Å²) >= 11 is 0. The SMILES string of the molecule is Cc1cc(-c2c(F)cc3c(=O)c(C(=O)O)cn4c3c2OC[C@H]4C)cc(C)n1. The van der Waals surface area contributed by atoms with Crippen molar-refractivity contribution in [2.24, 2.45) is 0 Å². The molecule has 1 aliphatic heterocycles. The molecule has 0 fully saturated rings. The van der Waals surface area contributed by atoms with Crippen molar-refractivity contribution >= 4 is 16.9 Å². The fraction of sp³-hybridized carbons (Fsp3) is 0.250. The van der Waals surface area contributed by atoms with Crippen molar-refractivity contribution in [3.8, 4) is 16.9 Å². The summed E-state index contributed by atoms with van der Waals surface area (Å²) in [7, 11) is 0. The third kappa shape index (κ3) is 2.58. The van der Waals surface area contributed by atoms with E-state index >= 15 is 4.39 Å². The highest BCUT2D eigenvalue weighted by atomic mass is 19.1. The Labute approximate surface area is 153 Å². The minimum atomic E-state index is -1.34. The van der Waals surface area contributed by atoms with E-state index in [1.165, 1.54) is 6.20 Å². The smallest absolute Gasteiger partial charge is 0.341 e. The van der Waals surface area contributed by atoms with Gasteiger partial charge in [-0.1, -0.05) is 0 Å². The van der Waals surface area contributed by atoms with Gasteiger partial charge in [0.15, 0.2) is 5.75 Å². The van der Waals surface area contributed by atoms with Gasteiger partial charge < -0.3 is 14.4 Å². The summed E-state index contributed by atoms with van der Waals surface area (Å²) in [5.74, 6) is -1.72. The van der Waals surface area contributed by atoms with E-state index in [0.29, 0.717) is 11.1 Å². The molecule has 1 aliphatic rings. The number of ether oxygens (including phenoxy) is 1. The number of carboxylic acid groups (broad SMARTS) is 1. The molecule has 0 bridgehead atoms. The van der Waals surface area contributed by atoms with Crippen LogP contribution in [0.1, 0.15) is 34.7 Å². The van der Waals surface area contributed by atoms with Gasteiger partial charge in [-0.2, -0.15) is 0 Å². The number of hydrogen-bond acceptors (Lipinski definition) is 4. The van der Waals surface area contributed by atoms with Crippen molar-refractivity contribution in [2.45, 2.75) is 26.8 Å². The Morgan fingerprint density at radius 1 is 1.30 bits per heavy atom. The van der Waals surface area contributed by atoms with Crippen LogP contribution < -0.4 is 10.2 Å². The van der Waals surface area contributed by atoms with E-state index in [1.54, 1.807) is 16.7 Å². The number of halogens is 1. The average molecular weight is 368 g/mol. The zero-order valence-electron chi connectivity index (χ0n) is 15.0. The van der Waals surface area contributed by atoms with Crippen LogP contribution >= 0.6 is 0 Å². The Morgan fingerprint density at radius 2 is 1.96 bits per heavy atom. The van der Waals surface area contributed by atoms with E-state index in [1.807, 2.05) is 20.8 Å². The molecule has 0 saturated heterocycles.